The molecule has 1 aliphatic carbocycles. The Morgan fingerprint density at radius 2 is 1.69 bits per heavy atom. The molecule has 0 aromatic carbocycles. The third kappa shape index (κ3) is 3.32. The summed E-state index contributed by atoms with van der Waals surface area (Å²) in [6.07, 6.45) is 7.42. The third-order valence-electron chi connectivity index (χ3n) is 4.10. The summed E-state index contributed by atoms with van der Waals surface area (Å²) in [5.74, 6) is 3.82. The first-order valence-electron chi connectivity index (χ1n) is 6.11. The van der Waals surface area contributed by atoms with E-state index in [1.165, 1.54) is 32.1 Å². The predicted octanol–water partition coefficient (Wildman–Crippen LogP) is 4.49. The van der Waals surface area contributed by atoms with E-state index in [0.29, 0.717) is 0 Å². The van der Waals surface area contributed by atoms with Crippen LogP contribution in [0.3, 0.4) is 0 Å². The fraction of sp³-hybridized carbons (Fsp3) is 1.00. The summed E-state index contributed by atoms with van der Waals surface area (Å²) in [4.78, 5) is 0. The summed E-state index contributed by atoms with van der Waals surface area (Å²) in [6, 6.07) is 0. The second-order valence-electron chi connectivity index (χ2n) is 5.48. The first-order valence-corrected chi connectivity index (χ1v) is 6.11. The summed E-state index contributed by atoms with van der Waals surface area (Å²) in [5.41, 5.74) is 0. The number of hydrogen-bond acceptors (Lipinski definition) is 0. The van der Waals surface area contributed by atoms with E-state index < -0.39 is 0 Å². The maximum absolute atomic E-state index is 2.46. The second-order valence-corrected chi connectivity index (χ2v) is 5.48. The van der Waals surface area contributed by atoms with Crippen LogP contribution in [-0.2, 0) is 0 Å². The van der Waals surface area contributed by atoms with Crippen molar-refractivity contribution in [1.29, 1.82) is 0 Å². The van der Waals surface area contributed by atoms with Crippen LogP contribution in [0.1, 0.15) is 59.8 Å². The Kier molecular flexibility index (Phi) is 4.28. The molecule has 1 aliphatic rings. The highest BCUT2D eigenvalue weighted by atomic mass is 14.3. The molecule has 0 N–H and O–H groups in total. The summed E-state index contributed by atoms with van der Waals surface area (Å²) in [6.45, 7) is 9.60. The molecule has 1 saturated carbocycles. The molecular formula is C13H26. The van der Waals surface area contributed by atoms with Gasteiger partial charge in [0.2, 0.25) is 0 Å². The Morgan fingerprint density at radius 3 is 2.23 bits per heavy atom. The monoisotopic (exact) mass is 182 g/mol. The first kappa shape index (κ1) is 11.1. The Hall–Kier alpha value is 0. The van der Waals surface area contributed by atoms with E-state index in [9.17, 15) is 0 Å². The molecule has 0 aliphatic heterocycles. The van der Waals surface area contributed by atoms with Crippen molar-refractivity contribution >= 4 is 0 Å². The fourth-order valence-electron chi connectivity index (χ4n) is 2.49. The van der Waals surface area contributed by atoms with Crippen LogP contribution in [0, 0.1) is 23.7 Å². The van der Waals surface area contributed by atoms with Crippen LogP contribution in [0.15, 0.2) is 0 Å². The first-order chi connectivity index (χ1) is 6.11. The lowest BCUT2D eigenvalue weighted by Crippen LogP contribution is -2.20. The molecule has 0 aromatic heterocycles. The third-order valence-corrected chi connectivity index (χ3v) is 4.10. The van der Waals surface area contributed by atoms with E-state index in [2.05, 4.69) is 27.7 Å². The second kappa shape index (κ2) is 5.02. The molecule has 0 aromatic rings. The minimum atomic E-state index is 0.870. The topological polar surface area (TPSA) is 0 Å². The zero-order valence-corrected chi connectivity index (χ0v) is 9.84. The van der Waals surface area contributed by atoms with E-state index in [4.69, 9.17) is 0 Å². The summed E-state index contributed by atoms with van der Waals surface area (Å²) >= 11 is 0. The zero-order chi connectivity index (χ0) is 9.84. The molecule has 0 nitrogen and oxygen atoms in total. The summed E-state index contributed by atoms with van der Waals surface area (Å²) in [5, 5.41) is 0. The highest BCUT2D eigenvalue weighted by Crippen LogP contribution is 2.35. The molecule has 0 heteroatoms. The average molecular weight is 182 g/mol. The molecule has 0 amide bonds. The molecule has 0 heterocycles. The van der Waals surface area contributed by atoms with Crippen LogP contribution in [0.2, 0.25) is 0 Å². The lowest BCUT2D eigenvalue weighted by molar-refractivity contribution is 0.197. The minimum absolute atomic E-state index is 0.870. The van der Waals surface area contributed by atoms with E-state index in [-0.39, 0.29) is 0 Å². The van der Waals surface area contributed by atoms with Crippen molar-refractivity contribution in [3.05, 3.63) is 0 Å². The SMILES string of the molecule is CC(C)C(C)CC1CCCCC1C. The van der Waals surface area contributed by atoms with Gasteiger partial charge in [0.15, 0.2) is 0 Å². The Morgan fingerprint density at radius 1 is 1.08 bits per heavy atom. The molecule has 1 rings (SSSR count). The van der Waals surface area contributed by atoms with Crippen LogP contribution in [0.25, 0.3) is 0 Å². The Bertz CT molecular complexity index is 137. The normalized spacial score (nSPS) is 32.1. The number of rotatable bonds is 3. The minimum Gasteiger partial charge on any atom is -0.0625 e. The molecule has 0 spiro atoms. The summed E-state index contributed by atoms with van der Waals surface area (Å²) in [7, 11) is 0. The molecule has 78 valence electrons. The lowest BCUT2D eigenvalue weighted by atomic mass is 9.74. The van der Waals surface area contributed by atoms with Crippen LogP contribution < -0.4 is 0 Å². The Labute approximate surface area is 84.1 Å². The molecule has 0 bridgehead atoms. The van der Waals surface area contributed by atoms with Crippen molar-refractivity contribution in [3.8, 4) is 0 Å². The van der Waals surface area contributed by atoms with Gasteiger partial charge in [-0.3, -0.25) is 0 Å². The fourth-order valence-corrected chi connectivity index (χ4v) is 2.49. The van der Waals surface area contributed by atoms with Gasteiger partial charge in [-0.1, -0.05) is 53.4 Å². The number of hydrogen-bond donors (Lipinski definition) is 0. The Balaban J connectivity index is 2.33. The van der Waals surface area contributed by atoms with Gasteiger partial charge in [-0.25, -0.2) is 0 Å². The molecular weight excluding hydrogens is 156 g/mol. The van der Waals surface area contributed by atoms with Crippen molar-refractivity contribution < 1.29 is 0 Å². The standard InChI is InChI=1S/C13H26/c1-10(2)12(4)9-13-8-6-5-7-11(13)3/h10-13H,5-9H2,1-4H3. The van der Waals surface area contributed by atoms with Gasteiger partial charge in [0.25, 0.3) is 0 Å². The van der Waals surface area contributed by atoms with Crippen molar-refractivity contribution in [2.45, 2.75) is 59.8 Å². The van der Waals surface area contributed by atoms with Crippen molar-refractivity contribution in [2.75, 3.05) is 0 Å². The maximum Gasteiger partial charge on any atom is -0.0386 e. The van der Waals surface area contributed by atoms with Gasteiger partial charge in [0, 0.05) is 0 Å². The molecule has 0 radical (unpaired) electrons. The van der Waals surface area contributed by atoms with Gasteiger partial charge >= 0.3 is 0 Å². The van der Waals surface area contributed by atoms with Crippen LogP contribution in [-0.4, -0.2) is 0 Å². The maximum atomic E-state index is 2.46. The van der Waals surface area contributed by atoms with Crippen LogP contribution in [0.5, 0.6) is 0 Å². The molecule has 13 heavy (non-hydrogen) atoms. The smallest absolute Gasteiger partial charge is 0.0386 e. The van der Waals surface area contributed by atoms with Gasteiger partial charge < -0.3 is 0 Å². The molecule has 3 atom stereocenters. The van der Waals surface area contributed by atoms with Crippen molar-refractivity contribution in [2.24, 2.45) is 23.7 Å². The van der Waals surface area contributed by atoms with Crippen molar-refractivity contribution in [3.63, 3.8) is 0 Å². The molecule has 3 unspecified atom stereocenters. The van der Waals surface area contributed by atoms with Gasteiger partial charge in [0.05, 0.1) is 0 Å². The van der Waals surface area contributed by atoms with Crippen molar-refractivity contribution in [1.82, 2.24) is 0 Å². The van der Waals surface area contributed by atoms with E-state index in [1.54, 1.807) is 0 Å². The van der Waals surface area contributed by atoms with Crippen LogP contribution >= 0.6 is 0 Å². The molecule has 0 saturated heterocycles. The van der Waals surface area contributed by atoms with E-state index in [0.717, 1.165) is 23.7 Å². The predicted molar refractivity (Wildman–Crippen MR) is 59.7 cm³/mol. The van der Waals surface area contributed by atoms with Gasteiger partial charge in [0.1, 0.15) is 0 Å². The largest absolute Gasteiger partial charge is 0.0625 e. The van der Waals surface area contributed by atoms with Crippen LogP contribution in [0.4, 0.5) is 0 Å². The van der Waals surface area contributed by atoms with Gasteiger partial charge in [-0.2, -0.15) is 0 Å². The summed E-state index contributed by atoms with van der Waals surface area (Å²) < 4.78 is 0. The van der Waals surface area contributed by atoms with E-state index >= 15 is 0 Å². The van der Waals surface area contributed by atoms with E-state index in [1.807, 2.05) is 0 Å². The van der Waals surface area contributed by atoms with Gasteiger partial charge in [-0.05, 0) is 30.1 Å². The lowest BCUT2D eigenvalue weighted by Gasteiger charge is -2.31. The molecule has 1 fully saturated rings. The zero-order valence-electron chi connectivity index (χ0n) is 9.84. The average Bonchev–Trinajstić information content (AvgIpc) is 2.08. The highest BCUT2D eigenvalue weighted by molar-refractivity contribution is 4.74. The highest BCUT2D eigenvalue weighted by Gasteiger charge is 2.23. The van der Waals surface area contributed by atoms with Gasteiger partial charge in [-0.15, -0.1) is 0 Å². The quantitative estimate of drug-likeness (QED) is 0.603.